The van der Waals surface area contributed by atoms with Crippen LogP contribution in [0.25, 0.3) is 0 Å². The number of carbonyl (C=O) groups is 2. The highest BCUT2D eigenvalue weighted by Crippen LogP contribution is 2.18. The number of amides is 2. The third kappa shape index (κ3) is 3.35. The van der Waals surface area contributed by atoms with Crippen molar-refractivity contribution in [3.63, 3.8) is 0 Å². The normalized spacial score (nSPS) is 11.8. The minimum absolute atomic E-state index is 0.237. The highest BCUT2D eigenvalue weighted by molar-refractivity contribution is 5.96. The first-order valence-electron chi connectivity index (χ1n) is 6.84. The van der Waals surface area contributed by atoms with Gasteiger partial charge in [0.1, 0.15) is 11.5 Å². The molecule has 22 heavy (non-hydrogen) atoms. The van der Waals surface area contributed by atoms with Gasteiger partial charge >= 0.3 is 0 Å². The Hall–Kier alpha value is -2.60. The van der Waals surface area contributed by atoms with Gasteiger partial charge in [0.2, 0.25) is 0 Å². The van der Waals surface area contributed by atoms with E-state index in [1.54, 1.807) is 49.7 Å². The van der Waals surface area contributed by atoms with Gasteiger partial charge < -0.3 is 9.73 Å². The fraction of sp³-hybridized carbons (Fsp3) is 0.250. The van der Waals surface area contributed by atoms with Gasteiger partial charge in [-0.2, -0.15) is 0 Å². The van der Waals surface area contributed by atoms with Gasteiger partial charge in [-0.3, -0.25) is 14.8 Å². The summed E-state index contributed by atoms with van der Waals surface area (Å²) >= 11 is 0. The third-order valence-corrected chi connectivity index (χ3v) is 3.38. The van der Waals surface area contributed by atoms with Crippen LogP contribution < -0.4 is 10.8 Å². The summed E-state index contributed by atoms with van der Waals surface area (Å²) in [4.78, 5) is 23.7. The summed E-state index contributed by atoms with van der Waals surface area (Å²) in [5.41, 5.74) is 3.15. The van der Waals surface area contributed by atoms with E-state index in [0.29, 0.717) is 22.6 Å². The molecule has 2 amide bonds. The van der Waals surface area contributed by atoms with Gasteiger partial charge in [-0.25, -0.2) is 5.48 Å². The molecule has 0 saturated heterocycles. The molecule has 0 bridgehead atoms. The van der Waals surface area contributed by atoms with E-state index in [1.165, 1.54) is 0 Å². The van der Waals surface area contributed by atoms with E-state index in [9.17, 15) is 9.59 Å². The summed E-state index contributed by atoms with van der Waals surface area (Å²) in [5, 5.41) is 11.5. The Bertz CT molecular complexity index is 706. The number of aryl methyl sites for hydroxylation is 2. The first-order chi connectivity index (χ1) is 10.4. The van der Waals surface area contributed by atoms with Crippen LogP contribution in [0, 0.1) is 13.8 Å². The molecule has 0 spiro atoms. The van der Waals surface area contributed by atoms with Crippen molar-refractivity contribution in [3.05, 3.63) is 58.5 Å². The summed E-state index contributed by atoms with van der Waals surface area (Å²) in [5.74, 6) is 0.410. The molecule has 0 fully saturated rings. The second-order valence-corrected chi connectivity index (χ2v) is 5.09. The number of rotatable bonds is 4. The van der Waals surface area contributed by atoms with Gasteiger partial charge in [0.25, 0.3) is 11.8 Å². The maximum atomic E-state index is 12.2. The Kier molecular flexibility index (Phi) is 4.62. The average molecular weight is 302 g/mol. The monoisotopic (exact) mass is 302 g/mol. The van der Waals surface area contributed by atoms with E-state index in [2.05, 4.69) is 5.32 Å². The lowest BCUT2D eigenvalue weighted by Crippen LogP contribution is -2.27. The lowest BCUT2D eigenvalue weighted by molar-refractivity contribution is 0.0706. The number of carbonyl (C=O) groups excluding carboxylic acids is 2. The molecule has 0 aliphatic carbocycles. The summed E-state index contributed by atoms with van der Waals surface area (Å²) in [6.07, 6.45) is 0. The van der Waals surface area contributed by atoms with Crippen LogP contribution in [0.1, 0.15) is 50.8 Å². The van der Waals surface area contributed by atoms with Crippen LogP contribution >= 0.6 is 0 Å². The molecule has 0 saturated carbocycles. The fourth-order valence-corrected chi connectivity index (χ4v) is 2.23. The third-order valence-electron chi connectivity index (χ3n) is 3.38. The molecule has 1 aromatic carbocycles. The maximum Gasteiger partial charge on any atom is 0.274 e. The predicted octanol–water partition coefficient (Wildman–Crippen LogP) is 2.51. The second-order valence-electron chi connectivity index (χ2n) is 5.09. The Balaban J connectivity index is 2.15. The van der Waals surface area contributed by atoms with Crippen molar-refractivity contribution in [1.82, 2.24) is 10.8 Å². The topological polar surface area (TPSA) is 91.6 Å². The molecule has 1 heterocycles. The Labute approximate surface area is 128 Å². The van der Waals surface area contributed by atoms with Crippen LogP contribution in [0.3, 0.4) is 0 Å². The number of furan rings is 1. The van der Waals surface area contributed by atoms with Gasteiger partial charge in [0.05, 0.1) is 11.6 Å². The van der Waals surface area contributed by atoms with Crippen LogP contribution in [-0.2, 0) is 0 Å². The largest absolute Gasteiger partial charge is 0.466 e. The molecule has 6 heteroatoms. The van der Waals surface area contributed by atoms with Gasteiger partial charge in [0, 0.05) is 5.56 Å². The van der Waals surface area contributed by atoms with E-state index >= 15 is 0 Å². The minimum atomic E-state index is -0.596. The lowest BCUT2D eigenvalue weighted by atomic mass is 10.0. The maximum absolute atomic E-state index is 12.2. The number of nitrogens with one attached hydrogen (secondary N) is 2. The molecular weight excluding hydrogens is 284 g/mol. The Morgan fingerprint density at radius 3 is 2.50 bits per heavy atom. The van der Waals surface area contributed by atoms with E-state index < -0.39 is 5.91 Å². The van der Waals surface area contributed by atoms with Crippen LogP contribution in [0.4, 0.5) is 0 Å². The predicted molar refractivity (Wildman–Crippen MR) is 79.8 cm³/mol. The SMILES string of the molecule is Cc1cc(C(=O)NC(C)c2cccc(C(=O)NO)c2)c(C)o1. The number of hydrogen-bond acceptors (Lipinski definition) is 4. The quantitative estimate of drug-likeness (QED) is 0.598. The van der Waals surface area contributed by atoms with Crippen LogP contribution in [-0.4, -0.2) is 17.0 Å². The highest BCUT2D eigenvalue weighted by atomic mass is 16.5. The van der Waals surface area contributed by atoms with Crippen molar-refractivity contribution in [2.75, 3.05) is 0 Å². The molecule has 0 aliphatic rings. The van der Waals surface area contributed by atoms with Crippen molar-refractivity contribution in [3.8, 4) is 0 Å². The molecule has 6 nitrogen and oxygen atoms in total. The minimum Gasteiger partial charge on any atom is -0.466 e. The molecule has 3 N–H and O–H groups in total. The molecule has 116 valence electrons. The van der Waals surface area contributed by atoms with Crippen molar-refractivity contribution in [2.24, 2.45) is 0 Å². The molecule has 0 radical (unpaired) electrons. The zero-order valence-electron chi connectivity index (χ0n) is 12.6. The number of hydrogen-bond donors (Lipinski definition) is 3. The first-order valence-corrected chi connectivity index (χ1v) is 6.84. The van der Waals surface area contributed by atoms with E-state index in [0.717, 1.165) is 5.56 Å². The summed E-state index contributed by atoms with van der Waals surface area (Å²) < 4.78 is 5.35. The van der Waals surface area contributed by atoms with Crippen molar-refractivity contribution < 1.29 is 19.2 Å². The zero-order valence-corrected chi connectivity index (χ0v) is 12.6. The Morgan fingerprint density at radius 1 is 1.18 bits per heavy atom. The van der Waals surface area contributed by atoms with Gasteiger partial charge in [-0.15, -0.1) is 0 Å². The van der Waals surface area contributed by atoms with E-state index in [4.69, 9.17) is 9.62 Å². The fourth-order valence-electron chi connectivity index (χ4n) is 2.23. The molecule has 2 rings (SSSR count). The van der Waals surface area contributed by atoms with Gasteiger partial charge in [0.15, 0.2) is 0 Å². The van der Waals surface area contributed by atoms with Crippen LogP contribution in [0.15, 0.2) is 34.7 Å². The van der Waals surface area contributed by atoms with Gasteiger partial charge in [-0.1, -0.05) is 12.1 Å². The summed E-state index contributed by atoms with van der Waals surface area (Å²) in [6.45, 7) is 5.33. The van der Waals surface area contributed by atoms with Crippen molar-refractivity contribution in [2.45, 2.75) is 26.8 Å². The van der Waals surface area contributed by atoms with Gasteiger partial charge in [-0.05, 0) is 44.5 Å². The van der Waals surface area contributed by atoms with Crippen molar-refractivity contribution in [1.29, 1.82) is 0 Å². The first kappa shape index (κ1) is 15.8. The van der Waals surface area contributed by atoms with E-state index in [-0.39, 0.29) is 11.9 Å². The number of hydroxylamine groups is 1. The second kappa shape index (κ2) is 6.44. The molecule has 1 atom stereocenters. The van der Waals surface area contributed by atoms with Crippen molar-refractivity contribution >= 4 is 11.8 Å². The lowest BCUT2D eigenvalue weighted by Gasteiger charge is -2.15. The molecular formula is C16H18N2O4. The number of benzene rings is 1. The molecule has 1 aromatic heterocycles. The van der Waals surface area contributed by atoms with E-state index in [1.807, 2.05) is 6.92 Å². The highest BCUT2D eigenvalue weighted by Gasteiger charge is 2.17. The summed E-state index contributed by atoms with van der Waals surface area (Å²) in [6, 6.07) is 8.07. The zero-order chi connectivity index (χ0) is 16.3. The molecule has 0 aliphatic heterocycles. The molecule has 2 aromatic rings. The smallest absolute Gasteiger partial charge is 0.274 e. The Morgan fingerprint density at radius 2 is 1.91 bits per heavy atom. The standard InChI is InChI=1S/C16H18N2O4/c1-9-7-14(11(3)22-9)16(20)17-10(2)12-5-4-6-13(8-12)15(19)18-21/h4-8,10,21H,1-3H3,(H,17,20)(H,18,19). The molecule has 1 unspecified atom stereocenters. The van der Waals surface area contributed by atoms with Crippen LogP contribution in [0.5, 0.6) is 0 Å². The van der Waals surface area contributed by atoms with Crippen LogP contribution in [0.2, 0.25) is 0 Å². The summed E-state index contributed by atoms with van der Waals surface area (Å²) in [7, 11) is 0. The average Bonchev–Trinajstić information content (AvgIpc) is 2.85.